The zero-order chi connectivity index (χ0) is 17.9. The van der Waals surface area contributed by atoms with Crippen LogP contribution in [0.1, 0.15) is 18.4 Å². The van der Waals surface area contributed by atoms with Crippen LogP contribution in [0.2, 0.25) is 0 Å². The molecule has 2 saturated heterocycles. The van der Waals surface area contributed by atoms with Crippen LogP contribution in [0.5, 0.6) is 5.75 Å². The minimum absolute atomic E-state index is 0.0516. The molecule has 0 aliphatic carbocycles. The Bertz CT molecular complexity index is 643. The molecule has 1 atom stereocenters. The van der Waals surface area contributed by atoms with Gasteiger partial charge in [-0.05, 0) is 36.5 Å². The second-order valence-electron chi connectivity index (χ2n) is 7.20. The van der Waals surface area contributed by atoms with Crippen LogP contribution in [0.25, 0.3) is 0 Å². The summed E-state index contributed by atoms with van der Waals surface area (Å²) in [7, 11) is 3.31. The highest BCUT2D eigenvalue weighted by atomic mass is 16.5. The van der Waals surface area contributed by atoms with Gasteiger partial charge in [-0.2, -0.15) is 0 Å². The number of nitrogens with zero attached hydrogens (tertiary/aromatic N) is 1. The fraction of sp³-hybridized carbons (Fsp3) is 0.579. The highest BCUT2D eigenvalue weighted by Crippen LogP contribution is 2.33. The van der Waals surface area contributed by atoms with E-state index < -0.39 is 0 Å². The van der Waals surface area contributed by atoms with Crippen LogP contribution in [0, 0.1) is 11.3 Å². The Kier molecular flexibility index (Phi) is 5.27. The third-order valence-corrected chi connectivity index (χ3v) is 5.38. The van der Waals surface area contributed by atoms with Crippen molar-refractivity contribution in [3.05, 3.63) is 29.8 Å². The van der Waals surface area contributed by atoms with Gasteiger partial charge in [-0.1, -0.05) is 12.1 Å². The van der Waals surface area contributed by atoms with Gasteiger partial charge in [-0.3, -0.25) is 9.59 Å². The van der Waals surface area contributed by atoms with E-state index in [1.807, 2.05) is 29.2 Å². The van der Waals surface area contributed by atoms with Crippen LogP contribution in [-0.2, 0) is 16.0 Å². The highest BCUT2D eigenvalue weighted by molar-refractivity contribution is 5.85. The molecule has 2 N–H and O–H groups in total. The van der Waals surface area contributed by atoms with E-state index in [9.17, 15) is 9.59 Å². The number of likely N-dealkylation sites (tertiary alicyclic amines) is 1. The first-order valence-corrected chi connectivity index (χ1v) is 8.90. The van der Waals surface area contributed by atoms with Crippen LogP contribution in [0.4, 0.5) is 0 Å². The van der Waals surface area contributed by atoms with Crippen molar-refractivity contribution in [1.82, 2.24) is 15.5 Å². The Balaban J connectivity index is 1.66. The van der Waals surface area contributed by atoms with E-state index >= 15 is 0 Å². The van der Waals surface area contributed by atoms with Crippen LogP contribution in [0.3, 0.4) is 0 Å². The number of rotatable bonds is 6. The molecule has 6 heteroatoms. The van der Waals surface area contributed by atoms with Gasteiger partial charge in [0.25, 0.3) is 0 Å². The lowest BCUT2D eigenvalue weighted by Crippen LogP contribution is -2.63. The molecule has 2 amide bonds. The molecule has 0 radical (unpaired) electrons. The van der Waals surface area contributed by atoms with Crippen molar-refractivity contribution in [2.45, 2.75) is 19.3 Å². The van der Waals surface area contributed by atoms with Crippen LogP contribution in [-0.4, -0.2) is 57.1 Å². The zero-order valence-electron chi connectivity index (χ0n) is 15.0. The van der Waals surface area contributed by atoms with E-state index in [2.05, 4.69) is 10.6 Å². The van der Waals surface area contributed by atoms with Gasteiger partial charge in [0.1, 0.15) is 5.75 Å². The van der Waals surface area contributed by atoms with Gasteiger partial charge < -0.3 is 20.3 Å². The fourth-order valence-electron chi connectivity index (χ4n) is 3.84. The summed E-state index contributed by atoms with van der Waals surface area (Å²) in [6.07, 6.45) is 2.12. The minimum Gasteiger partial charge on any atom is -0.497 e. The van der Waals surface area contributed by atoms with Gasteiger partial charge in [0.05, 0.1) is 12.5 Å². The molecule has 1 aromatic carbocycles. The molecule has 25 heavy (non-hydrogen) atoms. The second kappa shape index (κ2) is 7.44. The first-order chi connectivity index (χ1) is 12.1. The number of carbonyl (C=O) groups excluding carboxylic acids is 2. The van der Waals surface area contributed by atoms with E-state index in [-0.39, 0.29) is 23.1 Å². The molecule has 2 aliphatic heterocycles. The number of hydrogen-bond donors (Lipinski definition) is 2. The predicted octanol–water partition coefficient (Wildman–Crippen LogP) is 0.812. The molecule has 0 spiro atoms. The lowest BCUT2D eigenvalue weighted by atomic mass is 9.75. The van der Waals surface area contributed by atoms with Crippen molar-refractivity contribution in [1.29, 1.82) is 0 Å². The third-order valence-electron chi connectivity index (χ3n) is 5.38. The third kappa shape index (κ3) is 3.79. The number of carbonyl (C=O) groups is 2. The van der Waals surface area contributed by atoms with Gasteiger partial charge in [0.15, 0.2) is 0 Å². The Labute approximate surface area is 148 Å². The molecule has 136 valence electrons. The number of hydrogen-bond acceptors (Lipinski definition) is 4. The van der Waals surface area contributed by atoms with E-state index in [1.54, 1.807) is 14.2 Å². The molecular weight excluding hydrogens is 318 g/mol. The molecule has 2 heterocycles. The van der Waals surface area contributed by atoms with Crippen LogP contribution >= 0.6 is 0 Å². The Morgan fingerprint density at radius 1 is 1.40 bits per heavy atom. The monoisotopic (exact) mass is 345 g/mol. The summed E-state index contributed by atoms with van der Waals surface area (Å²) in [4.78, 5) is 26.7. The Hall–Kier alpha value is -2.08. The van der Waals surface area contributed by atoms with E-state index in [4.69, 9.17) is 4.74 Å². The van der Waals surface area contributed by atoms with Gasteiger partial charge in [0.2, 0.25) is 11.8 Å². The SMILES string of the molecule is CNC(=O)CC1CCN(C(=O)C2(Cc3cccc(OC)c3)CNC2)C1. The lowest BCUT2D eigenvalue weighted by Gasteiger charge is -2.43. The van der Waals surface area contributed by atoms with Gasteiger partial charge in [-0.15, -0.1) is 0 Å². The quantitative estimate of drug-likeness (QED) is 0.801. The standard InChI is InChI=1S/C19H27N3O3/c1-20-17(23)9-15-6-7-22(11-15)18(24)19(12-21-13-19)10-14-4-3-5-16(8-14)25-2/h3-5,8,15,21H,6-7,9-13H2,1-2H3,(H,20,23). The highest BCUT2D eigenvalue weighted by Gasteiger charge is 2.47. The number of ether oxygens (including phenoxy) is 1. The average molecular weight is 345 g/mol. The van der Waals surface area contributed by atoms with Gasteiger partial charge >= 0.3 is 0 Å². The fourth-order valence-corrected chi connectivity index (χ4v) is 3.84. The van der Waals surface area contributed by atoms with Crippen molar-refractivity contribution in [3.63, 3.8) is 0 Å². The zero-order valence-corrected chi connectivity index (χ0v) is 15.0. The minimum atomic E-state index is -0.367. The molecule has 2 fully saturated rings. The van der Waals surface area contributed by atoms with Gasteiger partial charge in [0, 0.05) is 39.6 Å². The number of amides is 2. The number of nitrogens with one attached hydrogen (secondary N) is 2. The van der Waals surface area contributed by atoms with E-state index in [1.165, 1.54) is 0 Å². The summed E-state index contributed by atoms with van der Waals surface area (Å²) >= 11 is 0. The van der Waals surface area contributed by atoms with E-state index in [0.29, 0.717) is 32.5 Å². The van der Waals surface area contributed by atoms with Crippen molar-refractivity contribution in [3.8, 4) is 5.75 Å². The molecule has 0 saturated carbocycles. The smallest absolute Gasteiger partial charge is 0.231 e. The maximum absolute atomic E-state index is 13.2. The molecule has 1 unspecified atom stereocenters. The van der Waals surface area contributed by atoms with Crippen LogP contribution in [0.15, 0.2) is 24.3 Å². The van der Waals surface area contributed by atoms with Crippen molar-refractivity contribution in [2.75, 3.05) is 40.3 Å². The second-order valence-corrected chi connectivity index (χ2v) is 7.20. The Morgan fingerprint density at radius 2 is 2.20 bits per heavy atom. The van der Waals surface area contributed by atoms with Crippen LogP contribution < -0.4 is 15.4 Å². The summed E-state index contributed by atoms with van der Waals surface area (Å²) in [6.45, 7) is 2.85. The molecule has 6 nitrogen and oxygen atoms in total. The first kappa shape index (κ1) is 17.7. The predicted molar refractivity (Wildman–Crippen MR) is 95.4 cm³/mol. The van der Waals surface area contributed by atoms with Crippen molar-refractivity contribution >= 4 is 11.8 Å². The topological polar surface area (TPSA) is 70.7 Å². The molecule has 3 rings (SSSR count). The van der Waals surface area contributed by atoms with E-state index in [0.717, 1.165) is 24.3 Å². The summed E-state index contributed by atoms with van der Waals surface area (Å²) in [5.74, 6) is 1.36. The molecule has 1 aromatic rings. The largest absolute Gasteiger partial charge is 0.497 e. The number of methoxy groups -OCH3 is 1. The molecule has 0 bridgehead atoms. The van der Waals surface area contributed by atoms with Gasteiger partial charge in [-0.25, -0.2) is 0 Å². The summed E-state index contributed by atoms with van der Waals surface area (Å²) in [5, 5.41) is 5.93. The normalized spacial score (nSPS) is 21.5. The Morgan fingerprint density at radius 3 is 2.84 bits per heavy atom. The maximum Gasteiger partial charge on any atom is 0.231 e. The molecular formula is C19H27N3O3. The summed E-state index contributed by atoms with van der Waals surface area (Å²) in [5.41, 5.74) is 0.754. The maximum atomic E-state index is 13.2. The summed E-state index contributed by atoms with van der Waals surface area (Å²) < 4.78 is 5.29. The molecule has 0 aromatic heterocycles. The lowest BCUT2D eigenvalue weighted by molar-refractivity contribution is -0.144. The number of benzene rings is 1. The first-order valence-electron chi connectivity index (χ1n) is 8.90. The molecule has 2 aliphatic rings. The van der Waals surface area contributed by atoms with Crippen molar-refractivity contribution < 1.29 is 14.3 Å². The van der Waals surface area contributed by atoms with Crippen molar-refractivity contribution in [2.24, 2.45) is 11.3 Å². The summed E-state index contributed by atoms with van der Waals surface area (Å²) in [6, 6.07) is 7.94. The average Bonchev–Trinajstić information content (AvgIpc) is 3.06.